The maximum absolute atomic E-state index is 13.2. The van der Waals surface area contributed by atoms with Crippen LogP contribution in [0.3, 0.4) is 0 Å². The van der Waals surface area contributed by atoms with E-state index in [0.29, 0.717) is 24.9 Å². The molecule has 0 aromatic rings. The van der Waals surface area contributed by atoms with Gasteiger partial charge in [0.25, 0.3) is 0 Å². The van der Waals surface area contributed by atoms with Crippen molar-refractivity contribution in [2.45, 2.75) is 96.4 Å². The van der Waals surface area contributed by atoms with E-state index in [1.165, 1.54) is 6.42 Å². The number of hydrogen-bond donors (Lipinski definition) is 1. The highest BCUT2D eigenvalue weighted by molar-refractivity contribution is 5.82. The Kier molecular flexibility index (Phi) is 7.77. The first kappa shape index (κ1) is 25.8. The van der Waals surface area contributed by atoms with E-state index >= 15 is 0 Å². The molecule has 36 heavy (non-hydrogen) atoms. The number of piperazine rings is 1. The predicted molar refractivity (Wildman–Crippen MR) is 136 cm³/mol. The van der Waals surface area contributed by atoms with E-state index in [4.69, 9.17) is 4.74 Å². The van der Waals surface area contributed by atoms with Crippen LogP contribution in [0.2, 0.25) is 0 Å². The predicted octanol–water partition coefficient (Wildman–Crippen LogP) is 2.46. The SMILES string of the molecule is CC(C)OC(=O)N1C[C@H](C)N(C(=O)C2CC2)C2CCC(C3CNN(CC(=O)N4CCCCC4)C3)CC21. The molecule has 5 aliphatic rings. The normalized spacial score (nSPS) is 33.6. The lowest BCUT2D eigenvalue weighted by Crippen LogP contribution is -2.67. The highest BCUT2D eigenvalue weighted by Crippen LogP contribution is 2.42. The minimum atomic E-state index is -0.246. The molecule has 202 valence electrons. The van der Waals surface area contributed by atoms with Crippen LogP contribution in [0, 0.1) is 17.8 Å². The Labute approximate surface area is 215 Å². The van der Waals surface area contributed by atoms with Crippen molar-refractivity contribution in [1.29, 1.82) is 0 Å². The zero-order valence-corrected chi connectivity index (χ0v) is 22.4. The summed E-state index contributed by atoms with van der Waals surface area (Å²) in [6.45, 7) is 10.3. The molecule has 3 heterocycles. The van der Waals surface area contributed by atoms with Gasteiger partial charge in [-0.2, -0.15) is 0 Å². The van der Waals surface area contributed by atoms with Crippen LogP contribution in [0.4, 0.5) is 4.79 Å². The molecule has 0 spiro atoms. The standard InChI is InChI=1S/C27H45N5O4/c1-18(2)36-27(35)31-15-19(3)32(26(34)20-7-8-20)23-10-9-21(13-24(23)31)22-14-28-30(16-22)17-25(33)29-11-5-4-6-12-29/h18-24,28H,4-17H2,1-3H3/t19-,21?,22?,23?,24?/m0/s1. The highest BCUT2D eigenvalue weighted by Gasteiger charge is 2.51. The number of carbonyl (C=O) groups is 3. The van der Waals surface area contributed by atoms with E-state index in [1.54, 1.807) is 0 Å². The largest absolute Gasteiger partial charge is 0.447 e. The topological polar surface area (TPSA) is 85.4 Å². The van der Waals surface area contributed by atoms with E-state index in [-0.39, 0.29) is 48.1 Å². The third-order valence-electron chi connectivity index (χ3n) is 9.00. The zero-order chi connectivity index (χ0) is 25.4. The minimum Gasteiger partial charge on any atom is -0.447 e. The van der Waals surface area contributed by atoms with Crippen LogP contribution in [0.5, 0.6) is 0 Å². The molecular formula is C27H45N5O4. The van der Waals surface area contributed by atoms with Gasteiger partial charge in [-0.3, -0.25) is 15.0 Å². The molecule has 3 aliphatic heterocycles. The van der Waals surface area contributed by atoms with E-state index in [0.717, 1.165) is 71.1 Å². The number of piperidine rings is 1. The maximum Gasteiger partial charge on any atom is 0.410 e. The average Bonchev–Trinajstić information content (AvgIpc) is 3.62. The molecular weight excluding hydrogens is 458 g/mol. The number of rotatable bonds is 5. The Morgan fingerprint density at radius 2 is 1.69 bits per heavy atom. The fraction of sp³-hybridized carbons (Fsp3) is 0.889. The molecule has 5 atom stereocenters. The second-order valence-electron chi connectivity index (χ2n) is 12.1. The number of carbonyl (C=O) groups excluding carboxylic acids is 3. The van der Waals surface area contributed by atoms with Crippen molar-refractivity contribution in [2.75, 3.05) is 39.3 Å². The number of nitrogens with one attached hydrogen (secondary N) is 1. The van der Waals surface area contributed by atoms with E-state index in [1.807, 2.05) is 23.6 Å². The summed E-state index contributed by atoms with van der Waals surface area (Å²) in [5.41, 5.74) is 3.48. The summed E-state index contributed by atoms with van der Waals surface area (Å²) in [6, 6.07) is 0.0851. The Hall–Kier alpha value is -1.87. The molecule has 4 unspecified atom stereocenters. The average molecular weight is 504 g/mol. The van der Waals surface area contributed by atoms with Gasteiger partial charge >= 0.3 is 6.09 Å². The summed E-state index contributed by atoms with van der Waals surface area (Å²) >= 11 is 0. The lowest BCUT2D eigenvalue weighted by molar-refractivity contribution is -0.146. The van der Waals surface area contributed by atoms with Gasteiger partial charge in [-0.1, -0.05) is 0 Å². The molecule has 9 heteroatoms. The first-order chi connectivity index (χ1) is 17.3. The Morgan fingerprint density at radius 3 is 2.39 bits per heavy atom. The molecule has 0 aromatic carbocycles. The van der Waals surface area contributed by atoms with Gasteiger partial charge in [-0.25, -0.2) is 9.80 Å². The number of fused-ring (bicyclic) bond motifs is 1. The first-order valence-corrected chi connectivity index (χ1v) is 14.4. The Bertz CT molecular complexity index is 827. The lowest BCUT2D eigenvalue weighted by atomic mass is 9.73. The summed E-state index contributed by atoms with van der Waals surface area (Å²) in [5.74, 6) is 1.59. The smallest absolute Gasteiger partial charge is 0.410 e. The quantitative estimate of drug-likeness (QED) is 0.621. The second kappa shape index (κ2) is 10.9. The molecule has 0 bridgehead atoms. The summed E-state index contributed by atoms with van der Waals surface area (Å²) in [6.07, 6.45) is 7.90. The second-order valence-corrected chi connectivity index (χ2v) is 12.1. The van der Waals surface area contributed by atoms with E-state index in [2.05, 4.69) is 22.3 Å². The van der Waals surface area contributed by atoms with Crippen LogP contribution in [0.1, 0.15) is 72.1 Å². The molecule has 0 aromatic heterocycles. The van der Waals surface area contributed by atoms with Crippen LogP contribution >= 0.6 is 0 Å². The number of hydrogen-bond acceptors (Lipinski definition) is 6. The number of ether oxygens (including phenoxy) is 1. The molecule has 3 saturated heterocycles. The van der Waals surface area contributed by atoms with Gasteiger partial charge in [0, 0.05) is 44.7 Å². The monoisotopic (exact) mass is 503 g/mol. The molecule has 9 nitrogen and oxygen atoms in total. The van der Waals surface area contributed by atoms with E-state index < -0.39 is 0 Å². The third-order valence-corrected chi connectivity index (χ3v) is 9.00. The molecule has 0 radical (unpaired) electrons. The number of nitrogens with zero attached hydrogens (tertiary/aromatic N) is 4. The van der Waals surface area contributed by atoms with Gasteiger partial charge in [0.15, 0.2) is 0 Å². The van der Waals surface area contributed by atoms with Crippen LogP contribution in [-0.4, -0.2) is 101 Å². The van der Waals surface area contributed by atoms with Crippen molar-refractivity contribution in [1.82, 2.24) is 25.1 Å². The van der Waals surface area contributed by atoms with Crippen molar-refractivity contribution in [3.05, 3.63) is 0 Å². The van der Waals surface area contributed by atoms with Crippen molar-refractivity contribution in [3.8, 4) is 0 Å². The van der Waals surface area contributed by atoms with Gasteiger partial charge in [-0.05, 0) is 84.0 Å². The highest BCUT2D eigenvalue weighted by atomic mass is 16.6. The van der Waals surface area contributed by atoms with Crippen molar-refractivity contribution in [2.24, 2.45) is 17.8 Å². The van der Waals surface area contributed by atoms with Crippen molar-refractivity contribution >= 4 is 17.9 Å². The van der Waals surface area contributed by atoms with Gasteiger partial charge in [0.2, 0.25) is 11.8 Å². The molecule has 5 rings (SSSR count). The molecule has 1 N–H and O–H groups in total. The number of amides is 3. The molecule has 2 saturated carbocycles. The van der Waals surface area contributed by atoms with E-state index in [9.17, 15) is 14.4 Å². The van der Waals surface area contributed by atoms with Crippen LogP contribution in [0.15, 0.2) is 0 Å². The minimum absolute atomic E-state index is 0.00191. The maximum atomic E-state index is 13.2. The van der Waals surface area contributed by atoms with Crippen LogP contribution in [0.25, 0.3) is 0 Å². The van der Waals surface area contributed by atoms with Gasteiger partial charge in [0.1, 0.15) is 0 Å². The summed E-state index contributed by atoms with van der Waals surface area (Å²) in [7, 11) is 0. The zero-order valence-electron chi connectivity index (χ0n) is 22.4. The van der Waals surface area contributed by atoms with Crippen LogP contribution in [-0.2, 0) is 14.3 Å². The third kappa shape index (κ3) is 5.52. The number of likely N-dealkylation sites (tertiary alicyclic amines) is 1. The first-order valence-electron chi connectivity index (χ1n) is 14.4. The Morgan fingerprint density at radius 1 is 0.944 bits per heavy atom. The van der Waals surface area contributed by atoms with Crippen LogP contribution < -0.4 is 5.43 Å². The van der Waals surface area contributed by atoms with Gasteiger partial charge < -0.3 is 19.4 Å². The summed E-state index contributed by atoms with van der Waals surface area (Å²) in [5, 5.41) is 2.10. The summed E-state index contributed by atoms with van der Waals surface area (Å²) < 4.78 is 5.64. The molecule has 5 fully saturated rings. The molecule has 2 aliphatic carbocycles. The van der Waals surface area contributed by atoms with Crippen molar-refractivity contribution < 1.29 is 19.1 Å². The fourth-order valence-corrected chi connectivity index (χ4v) is 6.99. The Balaban J connectivity index is 1.24. The van der Waals surface area contributed by atoms with Gasteiger partial charge in [-0.15, -0.1) is 0 Å². The fourth-order valence-electron chi connectivity index (χ4n) is 6.99. The summed E-state index contributed by atoms with van der Waals surface area (Å²) in [4.78, 5) is 45.2. The lowest BCUT2D eigenvalue weighted by Gasteiger charge is -2.54. The van der Waals surface area contributed by atoms with Gasteiger partial charge in [0.05, 0.1) is 24.7 Å². The number of hydrazine groups is 1. The van der Waals surface area contributed by atoms with Crippen molar-refractivity contribution in [3.63, 3.8) is 0 Å². The molecule has 3 amide bonds.